The molecule has 9 heteroatoms. The quantitative estimate of drug-likeness (QED) is 0.629. The monoisotopic (exact) mass is 396 g/mol. The van der Waals surface area contributed by atoms with E-state index >= 15 is 0 Å². The molecule has 0 aliphatic carbocycles. The van der Waals surface area contributed by atoms with Crippen LogP contribution in [0.25, 0.3) is 5.69 Å². The molecule has 1 aliphatic rings. The smallest absolute Gasteiger partial charge is 0.260 e. The van der Waals surface area contributed by atoms with E-state index in [2.05, 4.69) is 20.4 Å². The number of carbonyl (C=O) groups excluding carboxylic acids is 1. The summed E-state index contributed by atoms with van der Waals surface area (Å²) in [5.74, 6) is 1.03. The molecule has 3 aromatic rings. The molecule has 1 fully saturated rings. The summed E-state index contributed by atoms with van der Waals surface area (Å²) in [5, 5.41) is 11.8. The first-order chi connectivity index (χ1) is 14.2. The van der Waals surface area contributed by atoms with Crippen LogP contribution in [0.5, 0.6) is 5.75 Å². The molecule has 0 atom stereocenters. The van der Waals surface area contributed by atoms with Gasteiger partial charge in [-0.15, -0.1) is 5.10 Å². The summed E-state index contributed by atoms with van der Waals surface area (Å²) in [5.41, 5.74) is 0.707. The molecular weight excluding hydrogens is 375 g/mol. The van der Waals surface area contributed by atoms with Gasteiger partial charge in [0, 0.05) is 26.2 Å². The number of benzene rings is 2. The lowest BCUT2D eigenvalue weighted by Gasteiger charge is -2.34. The van der Waals surface area contributed by atoms with Gasteiger partial charge in [-0.05, 0) is 46.8 Å². The van der Waals surface area contributed by atoms with Crippen molar-refractivity contribution < 1.29 is 13.9 Å². The standard InChI is InChI=1S/C20H21FN6O2/c21-16-6-8-17(9-7-16)27-19(22-23-24-27)14-25-10-12-26(13-11-25)20(28)15-29-18-4-2-1-3-5-18/h1-9H,10-15H2. The maximum atomic E-state index is 13.1. The van der Waals surface area contributed by atoms with Crippen LogP contribution in [-0.4, -0.2) is 68.7 Å². The fraction of sp³-hybridized carbons (Fsp3) is 0.300. The first-order valence-corrected chi connectivity index (χ1v) is 9.40. The molecule has 2 aromatic carbocycles. The number of ether oxygens (including phenoxy) is 1. The Morgan fingerprint density at radius 1 is 1.00 bits per heavy atom. The van der Waals surface area contributed by atoms with Gasteiger partial charge >= 0.3 is 0 Å². The molecule has 8 nitrogen and oxygen atoms in total. The zero-order valence-electron chi connectivity index (χ0n) is 15.8. The van der Waals surface area contributed by atoms with Gasteiger partial charge in [0.1, 0.15) is 11.6 Å². The van der Waals surface area contributed by atoms with E-state index < -0.39 is 0 Å². The average Bonchev–Trinajstić information content (AvgIpc) is 3.22. The third-order valence-electron chi connectivity index (χ3n) is 4.80. The number of halogens is 1. The Bertz CT molecular complexity index is 939. The van der Waals surface area contributed by atoms with Gasteiger partial charge in [0.25, 0.3) is 5.91 Å². The molecule has 0 radical (unpaired) electrons. The first-order valence-electron chi connectivity index (χ1n) is 9.40. The Kier molecular flexibility index (Phi) is 5.76. The molecule has 1 aliphatic heterocycles. The Labute approximate surface area is 167 Å². The maximum absolute atomic E-state index is 13.1. The van der Waals surface area contributed by atoms with Gasteiger partial charge in [0.2, 0.25) is 0 Å². The predicted molar refractivity (Wildman–Crippen MR) is 103 cm³/mol. The van der Waals surface area contributed by atoms with Crippen LogP contribution in [0, 0.1) is 5.82 Å². The molecule has 1 saturated heterocycles. The second-order valence-electron chi connectivity index (χ2n) is 6.74. The minimum absolute atomic E-state index is 0.0235. The largest absolute Gasteiger partial charge is 0.484 e. The van der Waals surface area contributed by atoms with Crippen molar-refractivity contribution >= 4 is 5.91 Å². The lowest BCUT2D eigenvalue weighted by atomic mass is 10.3. The summed E-state index contributed by atoms with van der Waals surface area (Å²) < 4.78 is 20.3. The van der Waals surface area contributed by atoms with Crippen LogP contribution >= 0.6 is 0 Å². The van der Waals surface area contributed by atoms with Crippen LogP contribution in [0.4, 0.5) is 4.39 Å². The van der Waals surface area contributed by atoms with E-state index in [1.54, 1.807) is 16.8 Å². The minimum atomic E-state index is -0.305. The maximum Gasteiger partial charge on any atom is 0.260 e. The summed E-state index contributed by atoms with van der Waals surface area (Å²) in [6.07, 6.45) is 0. The van der Waals surface area contributed by atoms with Gasteiger partial charge < -0.3 is 9.64 Å². The lowest BCUT2D eigenvalue weighted by molar-refractivity contribution is -0.135. The van der Waals surface area contributed by atoms with Crippen LogP contribution in [0.3, 0.4) is 0 Å². The molecule has 0 spiro atoms. The SMILES string of the molecule is O=C(COc1ccccc1)N1CCN(Cc2nnnn2-c2ccc(F)cc2)CC1. The summed E-state index contributed by atoms with van der Waals surface area (Å²) in [7, 11) is 0. The van der Waals surface area contributed by atoms with Crippen molar-refractivity contribution in [2.45, 2.75) is 6.54 Å². The second kappa shape index (κ2) is 8.78. The topological polar surface area (TPSA) is 76.4 Å². The Balaban J connectivity index is 1.29. The van der Waals surface area contributed by atoms with Crippen LogP contribution in [0.1, 0.15) is 5.82 Å². The number of hydrogen-bond acceptors (Lipinski definition) is 6. The molecule has 1 amide bonds. The number of amides is 1. The van der Waals surface area contributed by atoms with E-state index in [1.807, 2.05) is 35.2 Å². The molecule has 150 valence electrons. The van der Waals surface area contributed by atoms with Crippen LogP contribution < -0.4 is 4.74 Å². The molecule has 29 heavy (non-hydrogen) atoms. The molecule has 0 unspecified atom stereocenters. The zero-order valence-corrected chi connectivity index (χ0v) is 15.8. The number of hydrogen-bond donors (Lipinski definition) is 0. The van der Waals surface area contributed by atoms with E-state index in [0.717, 1.165) is 0 Å². The van der Waals surface area contributed by atoms with Crippen molar-refractivity contribution in [3.05, 3.63) is 66.2 Å². The fourth-order valence-corrected chi connectivity index (χ4v) is 3.20. The lowest BCUT2D eigenvalue weighted by Crippen LogP contribution is -2.49. The van der Waals surface area contributed by atoms with E-state index in [0.29, 0.717) is 50.0 Å². The number of piperazine rings is 1. The summed E-state index contributed by atoms with van der Waals surface area (Å²) in [4.78, 5) is 16.4. The first kappa shape index (κ1) is 19.0. The molecular formula is C20H21FN6O2. The Morgan fingerprint density at radius 3 is 2.45 bits per heavy atom. The van der Waals surface area contributed by atoms with Crippen LogP contribution in [0.2, 0.25) is 0 Å². The number of tetrazole rings is 1. The zero-order chi connectivity index (χ0) is 20.1. The van der Waals surface area contributed by atoms with Crippen molar-refractivity contribution in [3.63, 3.8) is 0 Å². The summed E-state index contributed by atoms with van der Waals surface area (Å²) in [6.45, 7) is 3.25. The van der Waals surface area contributed by atoms with Crippen LogP contribution in [0.15, 0.2) is 54.6 Å². The summed E-state index contributed by atoms with van der Waals surface area (Å²) >= 11 is 0. The fourth-order valence-electron chi connectivity index (χ4n) is 3.20. The van der Waals surface area contributed by atoms with Gasteiger partial charge in [-0.3, -0.25) is 9.69 Å². The average molecular weight is 396 g/mol. The van der Waals surface area contributed by atoms with Crippen LogP contribution in [-0.2, 0) is 11.3 Å². The van der Waals surface area contributed by atoms with Crippen molar-refractivity contribution in [1.29, 1.82) is 0 Å². The normalized spacial score (nSPS) is 14.7. The van der Waals surface area contributed by atoms with Crippen molar-refractivity contribution in [2.75, 3.05) is 32.8 Å². The Morgan fingerprint density at radius 2 is 1.72 bits per heavy atom. The van der Waals surface area contributed by atoms with E-state index in [-0.39, 0.29) is 18.3 Å². The highest BCUT2D eigenvalue weighted by atomic mass is 19.1. The van der Waals surface area contributed by atoms with Crippen molar-refractivity contribution in [1.82, 2.24) is 30.0 Å². The van der Waals surface area contributed by atoms with E-state index in [9.17, 15) is 9.18 Å². The summed E-state index contributed by atoms with van der Waals surface area (Å²) in [6, 6.07) is 15.3. The molecule has 0 bridgehead atoms. The molecule has 1 aromatic heterocycles. The number of para-hydroxylation sites is 1. The highest BCUT2D eigenvalue weighted by Gasteiger charge is 2.23. The number of nitrogens with zero attached hydrogens (tertiary/aromatic N) is 6. The number of carbonyl (C=O) groups is 1. The van der Waals surface area contributed by atoms with Gasteiger partial charge in [0.05, 0.1) is 12.2 Å². The Hall–Kier alpha value is -3.33. The second-order valence-corrected chi connectivity index (χ2v) is 6.74. The van der Waals surface area contributed by atoms with E-state index in [4.69, 9.17) is 4.74 Å². The number of aromatic nitrogens is 4. The molecule has 4 rings (SSSR count). The highest BCUT2D eigenvalue weighted by Crippen LogP contribution is 2.13. The number of rotatable bonds is 6. The van der Waals surface area contributed by atoms with Gasteiger partial charge in [-0.2, -0.15) is 4.68 Å². The van der Waals surface area contributed by atoms with Gasteiger partial charge in [-0.25, -0.2) is 4.39 Å². The molecule has 2 heterocycles. The molecule has 0 N–H and O–H groups in total. The highest BCUT2D eigenvalue weighted by molar-refractivity contribution is 5.77. The van der Waals surface area contributed by atoms with Gasteiger partial charge in [-0.1, -0.05) is 18.2 Å². The van der Waals surface area contributed by atoms with E-state index in [1.165, 1.54) is 12.1 Å². The van der Waals surface area contributed by atoms with Gasteiger partial charge in [0.15, 0.2) is 12.4 Å². The van der Waals surface area contributed by atoms with Crippen molar-refractivity contribution in [2.24, 2.45) is 0 Å². The minimum Gasteiger partial charge on any atom is -0.484 e. The third-order valence-corrected chi connectivity index (χ3v) is 4.80. The molecule has 0 saturated carbocycles. The predicted octanol–water partition coefficient (Wildman–Crippen LogP) is 1.52. The van der Waals surface area contributed by atoms with Crippen molar-refractivity contribution in [3.8, 4) is 11.4 Å². The third kappa shape index (κ3) is 4.75.